The van der Waals surface area contributed by atoms with Crippen LogP contribution in [-0.2, 0) is 16.6 Å². The van der Waals surface area contributed by atoms with E-state index in [-0.39, 0.29) is 0 Å². The number of sulfonamides is 1. The van der Waals surface area contributed by atoms with Crippen LogP contribution in [0.1, 0.15) is 24.3 Å². The van der Waals surface area contributed by atoms with E-state index in [0.29, 0.717) is 29.9 Å². The van der Waals surface area contributed by atoms with Crippen LogP contribution in [0.5, 0.6) is 0 Å². The monoisotopic (exact) mass is 305 g/mol. The van der Waals surface area contributed by atoms with E-state index in [1.807, 2.05) is 14.0 Å². The summed E-state index contributed by atoms with van der Waals surface area (Å²) in [7, 11) is -1.43. The molecule has 0 aliphatic heterocycles. The smallest absolute Gasteiger partial charge is 0.250 e. The normalized spacial score (nSPS) is 12.6. The van der Waals surface area contributed by atoms with Crippen molar-refractivity contribution in [3.63, 3.8) is 0 Å². The molecule has 0 spiro atoms. The highest BCUT2D eigenvalue weighted by Gasteiger charge is 2.18. The minimum Gasteiger partial charge on any atom is -0.326 e. The number of thiophene rings is 1. The highest BCUT2D eigenvalue weighted by molar-refractivity contribution is 7.91. The van der Waals surface area contributed by atoms with Gasteiger partial charge >= 0.3 is 0 Å². The minimum absolute atomic E-state index is 0.345. The molecule has 0 radical (unpaired) electrons. The highest BCUT2D eigenvalue weighted by atomic mass is 32.2. The highest BCUT2D eigenvalue weighted by Crippen LogP contribution is 2.25. The maximum absolute atomic E-state index is 12.1. The molecule has 0 unspecified atom stereocenters. The summed E-state index contributed by atoms with van der Waals surface area (Å²) in [4.78, 5) is 3.01. The van der Waals surface area contributed by atoms with Crippen molar-refractivity contribution in [3.8, 4) is 0 Å². The molecule has 5 nitrogen and oxygen atoms in total. The Morgan fingerprint density at radius 2 is 2.11 bits per heavy atom. The predicted octanol–water partition coefficient (Wildman–Crippen LogP) is 1.13. The Labute approximate surface area is 119 Å². The lowest BCUT2D eigenvalue weighted by molar-refractivity contribution is 0.278. The summed E-state index contributed by atoms with van der Waals surface area (Å²) in [6.07, 6.45) is 0. The Morgan fingerprint density at radius 3 is 2.58 bits per heavy atom. The molecular formula is C12H23N3O2S2. The van der Waals surface area contributed by atoms with Gasteiger partial charge in [0.2, 0.25) is 10.0 Å². The molecule has 1 aromatic rings. The van der Waals surface area contributed by atoms with Gasteiger partial charge < -0.3 is 10.6 Å². The van der Waals surface area contributed by atoms with Gasteiger partial charge in [-0.15, -0.1) is 11.3 Å². The molecule has 0 bridgehead atoms. The van der Waals surface area contributed by atoms with Crippen LogP contribution < -0.4 is 10.5 Å². The van der Waals surface area contributed by atoms with Gasteiger partial charge in [0.05, 0.1) is 0 Å². The summed E-state index contributed by atoms with van der Waals surface area (Å²) in [5, 5.41) is 0. The standard InChI is InChI=1S/C12H23N3O2S2/c1-9(2)15(4)6-5-14-19(16,17)12-7-10(3)11(8-13)18-12/h7,9,14H,5-6,8,13H2,1-4H3. The number of aryl methyl sites for hydroxylation is 1. The fourth-order valence-corrected chi connectivity index (χ4v) is 4.04. The second-order valence-electron chi connectivity index (χ2n) is 4.85. The molecule has 0 aliphatic carbocycles. The molecule has 0 amide bonds. The van der Waals surface area contributed by atoms with E-state index >= 15 is 0 Å². The first-order chi connectivity index (χ1) is 8.77. The molecule has 19 heavy (non-hydrogen) atoms. The number of hydrogen-bond donors (Lipinski definition) is 2. The van der Waals surface area contributed by atoms with Gasteiger partial charge in [-0.1, -0.05) is 0 Å². The van der Waals surface area contributed by atoms with Crippen molar-refractivity contribution in [1.29, 1.82) is 0 Å². The quantitative estimate of drug-likeness (QED) is 0.792. The number of hydrogen-bond acceptors (Lipinski definition) is 5. The van der Waals surface area contributed by atoms with Gasteiger partial charge in [-0.2, -0.15) is 0 Å². The summed E-state index contributed by atoms with van der Waals surface area (Å²) in [6.45, 7) is 7.50. The zero-order valence-electron chi connectivity index (χ0n) is 11.9. The average Bonchev–Trinajstić information content (AvgIpc) is 2.70. The molecule has 0 aromatic carbocycles. The fraction of sp³-hybridized carbons (Fsp3) is 0.667. The maximum Gasteiger partial charge on any atom is 0.250 e. The Balaban J connectivity index is 2.65. The molecule has 0 aliphatic rings. The molecule has 1 rings (SSSR count). The van der Waals surface area contributed by atoms with Crippen LogP contribution in [0.4, 0.5) is 0 Å². The van der Waals surface area contributed by atoms with Gasteiger partial charge in [0.25, 0.3) is 0 Å². The SMILES string of the molecule is Cc1cc(S(=O)(=O)NCCN(C)C(C)C)sc1CN. The van der Waals surface area contributed by atoms with Gasteiger partial charge in [0.15, 0.2) is 0 Å². The Bertz CT molecular complexity index is 509. The number of nitrogens with one attached hydrogen (secondary N) is 1. The second kappa shape index (κ2) is 6.81. The largest absolute Gasteiger partial charge is 0.326 e. The molecular weight excluding hydrogens is 282 g/mol. The fourth-order valence-electron chi connectivity index (χ4n) is 1.51. The third-order valence-corrected chi connectivity index (χ3v) is 6.28. The van der Waals surface area contributed by atoms with E-state index in [9.17, 15) is 8.42 Å². The van der Waals surface area contributed by atoms with E-state index < -0.39 is 10.0 Å². The van der Waals surface area contributed by atoms with Crippen molar-refractivity contribution in [2.75, 3.05) is 20.1 Å². The first-order valence-electron chi connectivity index (χ1n) is 6.27. The van der Waals surface area contributed by atoms with Crippen LogP contribution in [0.15, 0.2) is 10.3 Å². The van der Waals surface area contributed by atoms with Crippen molar-refractivity contribution >= 4 is 21.4 Å². The third kappa shape index (κ3) is 4.54. The van der Waals surface area contributed by atoms with Crippen LogP contribution in [-0.4, -0.2) is 39.5 Å². The van der Waals surface area contributed by atoms with Gasteiger partial charge in [-0.3, -0.25) is 0 Å². The molecule has 0 saturated heterocycles. The average molecular weight is 305 g/mol. The van der Waals surface area contributed by atoms with E-state index in [1.54, 1.807) is 6.07 Å². The number of nitrogens with zero attached hydrogens (tertiary/aromatic N) is 1. The first kappa shape index (κ1) is 16.6. The molecule has 7 heteroatoms. The topological polar surface area (TPSA) is 75.4 Å². The zero-order chi connectivity index (χ0) is 14.6. The number of nitrogens with two attached hydrogens (primary N) is 1. The van der Waals surface area contributed by atoms with Crippen molar-refractivity contribution in [3.05, 3.63) is 16.5 Å². The number of rotatable bonds is 7. The van der Waals surface area contributed by atoms with Gasteiger partial charge in [-0.25, -0.2) is 13.1 Å². The summed E-state index contributed by atoms with van der Waals surface area (Å²) in [6, 6.07) is 2.08. The first-order valence-corrected chi connectivity index (χ1v) is 8.57. The summed E-state index contributed by atoms with van der Waals surface area (Å²) < 4.78 is 27.2. The lowest BCUT2D eigenvalue weighted by Gasteiger charge is -2.20. The lowest BCUT2D eigenvalue weighted by atomic mass is 10.3. The van der Waals surface area contributed by atoms with Crippen LogP contribution in [0.2, 0.25) is 0 Å². The van der Waals surface area contributed by atoms with Gasteiger partial charge in [-0.05, 0) is 39.4 Å². The maximum atomic E-state index is 12.1. The van der Waals surface area contributed by atoms with Gasteiger partial charge in [0.1, 0.15) is 4.21 Å². The van der Waals surface area contributed by atoms with E-state index in [4.69, 9.17) is 5.73 Å². The van der Waals surface area contributed by atoms with Crippen LogP contribution in [0.3, 0.4) is 0 Å². The lowest BCUT2D eigenvalue weighted by Crippen LogP contribution is -2.35. The van der Waals surface area contributed by atoms with Crippen LogP contribution >= 0.6 is 11.3 Å². The second-order valence-corrected chi connectivity index (χ2v) is 7.98. The zero-order valence-corrected chi connectivity index (χ0v) is 13.6. The molecule has 0 saturated carbocycles. The van der Waals surface area contributed by atoms with Crippen molar-refractivity contribution in [2.45, 2.75) is 37.6 Å². The predicted molar refractivity (Wildman–Crippen MR) is 79.9 cm³/mol. The van der Waals surface area contributed by atoms with Crippen molar-refractivity contribution in [2.24, 2.45) is 5.73 Å². The Hall–Kier alpha value is -0.470. The van der Waals surface area contributed by atoms with Crippen LogP contribution in [0.25, 0.3) is 0 Å². The summed E-state index contributed by atoms with van der Waals surface area (Å²) in [5.74, 6) is 0. The van der Waals surface area contributed by atoms with E-state index in [2.05, 4.69) is 23.5 Å². The molecule has 0 atom stereocenters. The molecule has 1 heterocycles. The molecule has 3 N–H and O–H groups in total. The minimum atomic E-state index is -3.41. The summed E-state index contributed by atoms with van der Waals surface area (Å²) in [5.41, 5.74) is 6.51. The number of likely N-dealkylation sites (N-methyl/N-ethyl adjacent to an activating group) is 1. The Morgan fingerprint density at radius 1 is 1.47 bits per heavy atom. The molecule has 1 aromatic heterocycles. The summed E-state index contributed by atoms with van der Waals surface area (Å²) >= 11 is 1.24. The van der Waals surface area contributed by atoms with E-state index in [0.717, 1.165) is 10.4 Å². The molecule has 0 fully saturated rings. The third-order valence-electron chi connectivity index (χ3n) is 3.09. The Kier molecular flexibility index (Phi) is 5.94. The van der Waals surface area contributed by atoms with Crippen molar-refractivity contribution < 1.29 is 8.42 Å². The van der Waals surface area contributed by atoms with Crippen LogP contribution in [0, 0.1) is 6.92 Å². The van der Waals surface area contributed by atoms with Gasteiger partial charge in [0, 0.05) is 30.6 Å². The van der Waals surface area contributed by atoms with E-state index in [1.165, 1.54) is 11.3 Å². The van der Waals surface area contributed by atoms with Crippen molar-refractivity contribution in [1.82, 2.24) is 9.62 Å². The molecule has 110 valence electrons.